The van der Waals surface area contributed by atoms with Gasteiger partial charge in [-0.15, -0.1) is 0 Å². The first-order valence-corrected chi connectivity index (χ1v) is 7.27. The van der Waals surface area contributed by atoms with Crippen LogP contribution in [0.3, 0.4) is 0 Å². The van der Waals surface area contributed by atoms with E-state index in [4.69, 9.17) is 4.74 Å². The Labute approximate surface area is 115 Å². The molecule has 0 aromatic heterocycles. The van der Waals surface area contributed by atoms with Gasteiger partial charge in [0, 0.05) is 12.8 Å². The van der Waals surface area contributed by atoms with Crippen LogP contribution >= 0.6 is 0 Å². The van der Waals surface area contributed by atoms with Crippen molar-refractivity contribution in [3.05, 3.63) is 35.9 Å². The zero-order chi connectivity index (χ0) is 13.6. The molecule has 0 amide bonds. The van der Waals surface area contributed by atoms with Gasteiger partial charge in [-0.1, -0.05) is 36.8 Å². The molecule has 1 saturated carbocycles. The van der Waals surface area contributed by atoms with Crippen LogP contribution in [0.25, 0.3) is 0 Å². The minimum absolute atomic E-state index is 0.0326. The molecule has 0 aliphatic heterocycles. The van der Waals surface area contributed by atoms with E-state index in [1.54, 1.807) is 0 Å². The number of aliphatic hydroxyl groups is 2. The molecule has 1 atom stereocenters. The van der Waals surface area contributed by atoms with Gasteiger partial charge in [-0.2, -0.15) is 0 Å². The van der Waals surface area contributed by atoms with Gasteiger partial charge in [0.05, 0.1) is 12.7 Å². The number of aryl methyl sites for hydroxylation is 1. The van der Waals surface area contributed by atoms with Crippen molar-refractivity contribution < 1.29 is 14.9 Å². The van der Waals surface area contributed by atoms with Crippen molar-refractivity contribution in [1.29, 1.82) is 0 Å². The standard InChI is InChI=1S/C16H24O3/c17-13-15(10-9-14-7-3-1-4-8-14)19-16(18)11-5-2-6-12-16/h1,3-4,7-8,15,17-18H,2,5-6,9-13H2. The van der Waals surface area contributed by atoms with E-state index in [9.17, 15) is 10.2 Å². The van der Waals surface area contributed by atoms with Crippen LogP contribution < -0.4 is 0 Å². The summed E-state index contributed by atoms with van der Waals surface area (Å²) in [5.74, 6) is -1.01. The molecule has 1 aliphatic rings. The smallest absolute Gasteiger partial charge is 0.165 e. The summed E-state index contributed by atoms with van der Waals surface area (Å²) in [5.41, 5.74) is 1.24. The minimum atomic E-state index is -1.01. The van der Waals surface area contributed by atoms with E-state index >= 15 is 0 Å². The lowest BCUT2D eigenvalue weighted by molar-refractivity contribution is -0.251. The van der Waals surface area contributed by atoms with E-state index in [-0.39, 0.29) is 12.7 Å². The molecule has 3 nitrogen and oxygen atoms in total. The first kappa shape index (κ1) is 14.5. The second kappa shape index (κ2) is 7.04. The highest BCUT2D eigenvalue weighted by Crippen LogP contribution is 2.30. The van der Waals surface area contributed by atoms with E-state index in [0.717, 1.165) is 25.7 Å². The van der Waals surface area contributed by atoms with Crippen LogP contribution in [0.1, 0.15) is 44.1 Å². The molecule has 0 spiro atoms. The molecule has 0 bridgehead atoms. The second-order valence-electron chi connectivity index (χ2n) is 5.45. The van der Waals surface area contributed by atoms with E-state index in [1.807, 2.05) is 18.2 Å². The van der Waals surface area contributed by atoms with Crippen molar-refractivity contribution in [3.8, 4) is 0 Å². The van der Waals surface area contributed by atoms with E-state index < -0.39 is 5.79 Å². The molecule has 2 N–H and O–H groups in total. The van der Waals surface area contributed by atoms with Crippen molar-refractivity contribution in [3.63, 3.8) is 0 Å². The molecule has 1 unspecified atom stereocenters. The Balaban J connectivity index is 1.82. The van der Waals surface area contributed by atoms with Gasteiger partial charge in [0.25, 0.3) is 0 Å². The lowest BCUT2D eigenvalue weighted by atomic mass is 9.94. The predicted molar refractivity (Wildman–Crippen MR) is 74.8 cm³/mol. The fourth-order valence-electron chi connectivity index (χ4n) is 2.69. The average molecular weight is 264 g/mol. The number of aliphatic hydroxyl groups excluding tert-OH is 1. The summed E-state index contributed by atoms with van der Waals surface area (Å²) in [4.78, 5) is 0. The summed E-state index contributed by atoms with van der Waals surface area (Å²) in [6.45, 7) is -0.0326. The molecule has 0 saturated heterocycles. The molecular weight excluding hydrogens is 240 g/mol. The molecule has 2 rings (SSSR count). The Bertz CT molecular complexity index is 358. The molecule has 1 aromatic carbocycles. The van der Waals surface area contributed by atoms with Crippen molar-refractivity contribution >= 4 is 0 Å². The SMILES string of the molecule is OCC(CCc1ccccc1)OC1(O)CCCCC1. The quantitative estimate of drug-likeness (QED) is 0.777. The first-order valence-electron chi connectivity index (χ1n) is 7.27. The van der Waals surface area contributed by atoms with Gasteiger partial charge in [0.1, 0.15) is 0 Å². The van der Waals surface area contributed by atoms with Gasteiger partial charge >= 0.3 is 0 Å². The monoisotopic (exact) mass is 264 g/mol. The van der Waals surface area contributed by atoms with Gasteiger partial charge in [-0.25, -0.2) is 0 Å². The maximum absolute atomic E-state index is 10.3. The molecule has 0 radical (unpaired) electrons. The summed E-state index contributed by atoms with van der Waals surface area (Å²) in [7, 11) is 0. The maximum Gasteiger partial charge on any atom is 0.165 e. The van der Waals surface area contributed by atoms with Gasteiger partial charge in [-0.3, -0.25) is 0 Å². The summed E-state index contributed by atoms with van der Waals surface area (Å²) in [5, 5.41) is 19.7. The fraction of sp³-hybridized carbons (Fsp3) is 0.625. The van der Waals surface area contributed by atoms with Gasteiger partial charge < -0.3 is 14.9 Å². The highest BCUT2D eigenvalue weighted by molar-refractivity contribution is 5.14. The number of rotatable bonds is 6. The summed E-state index contributed by atoms with van der Waals surface area (Å²) in [6, 6.07) is 10.2. The highest BCUT2D eigenvalue weighted by atomic mass is 16.6. The van der Waals surface area contributed by atoms with E-state index in [0.29, 0.717) is 12.8 Å². The van der Waals surface area contributed by atoms with Crippen molar-refractivity contribution in [2.75, 3.05) is 6.61 Å². The molecule has 106 valence electrons. The van der Waals surface area contributed by atoms with Gasteiger partial charge in [0.2, 0.25) is 0 Å². The third kappa shape index (κ3) is 4.60. The van der Waals surface area contributed by atoms with Crippen molar-refractivity contribution in [2.45, 2.75) is 56.8 Å². The lowest BCUT2D eigenvalue weighted by Gasteiger charge is -2.35. The summed E-state index contributed by atoms with van der Waals surface area (Å²) in [6.07, 6.45) is 5.89. The van der Waals surface area contributed by atoms with Crippen LogP contribution in [0.5, 0.6) is 0 Å². The first-order chi connectivity index (χ1) is 9.22. The largest absolute Gasteiger partial charge is 0.394 e. The Morgan fingerprint density at radius 2 is 1.79 bits per heavy atom. The molecule has 1 aromatic rings. The second-order valence-corrected chi connectivity index (χ2v) is 5.45. The Kier molecular flexibility index (Phi) is 5.37. The minimum Gasteiger partial charge on any atom is -0.394 e. The Morgan fingerprint density at radius 1 is 1.11 bits per heavy atom. The predicted octanol–water partition coefficient (Wildman–Crippen LogP) is 2.65. The Morgan fingerprint density at radius 3 is 2.42 bits per heavy atom. The molecular formula is C16H24O3. The number of ether oxygens (including phenoxy) is 1. The third-order valence-corrected chi connectivity index (χ3v) is 3.82. The van der Waals surface area contributed by atoms with Crippen LogP contribution in [0.15, 0.2) is 30.3 Å². The zero-order valence-electron chi connectivity index (χ0n) is 11.4. The number of hydrogen-bond acceptors (Lipinski definition) is 3. The molecule has 19 heavy (non-hydrogen) atoms. The van der Waals surface area contributed by atoms with Crippen molar-refractivity contribution in [2.24, 2.45) is 0 Å². The van der Waals surface area contributed by atoms with Gasteiger partial charge in [0.15, 0.2) is 5.79 Å². The van der Waals surface area contributed by atoms with Crippen LogP contribution in [-0.2, 0) is 11.2 Å². The van der Waals surface area contributed by atoms with Crippen LogP contribution in [0.4, 0.5) is 0 Å². The maximum atomic E-state index is 10.3. The summed E-state index contributed by atoms with van der Waals surface area (Å²) >= 11 is 0. The van der Waals surface area contributed by atoms with Gasteiger partial charge in [-0.05, 0) is 31.2 Å². The molecule has 1 fully saturated rings. The molecule has 1 aliphatic carbocycles. The van der Waals surface area contributed by atoms with E-state index in [1.165, 1.54) is 12.0 Å². The topological polar surface area (TPSA) is 49.7 Å². The fourth-order valence-corrected chi connectivity index (χ4v) is 2.69. The molecule has 3 heteroatoms. The van der Waals surface area contributed by atoms with Crippen LogP contribution in [0.2, 0.25) is 0 Å². The zero-order valence-corrected chi connectivity index (χ0v) is 11.4. The lowest BCUT2D eigenvalue weighted by Crippen LogP contribution is -2.40. The third-order valence-electron chi connectivity index (χ3n) is 3.82. The number of benzene rings is 1. The van der Waals surface area contributed by atoms with E-state index in [2.05, 4.69) is 12.1 Å². The normalized spacial score (nSPS) is 20.1. The van der Waals surface area contributed by atoms with Crippen LogP contribution in [-0.4, -0.2) is 28.7 Å². The molecule has 0 heterocycles. The average Bonchev–Trinajstić information content (AvgIpc) is 2.45. The summed E-state index contributed by atoms with van der Waals surface area (Å²) < 4.78 is 5.76. The number of hydrogen-bond donors (Lipinski definition) is 2. The Hall–Kier alpha value is -0.900. The van der Waals surface area contributed by atoms with Crippen molar-refractivity contribution in [1.82, 2.24) is 0 Å². The highest BCUT2D eigenvalue weighted by Gasteiger charge is 2.32. The van der Waals surface area contributed by atoms with Crippen LogP contribution in [0, 0.1) is 0 Å².